The number of hydrogen-bond donors (Lipinski definition) is 1. The standard InChI is InChI=1S/C15H20N4O2/c1-3-6-17-15(20)13-10-21-8-7-19(13)14-12(9-16)5-4-11(2)18-14/h4-5,13H,3,6-8,10H2,1-2H3,(H,17,20). The molecule has 6 heteroatoms. The molecule has 1 amide bonds. The molecule has 0 bridgehead atoms. The maximum atomic E-state index is 12.3. The van der Waals surface area contributed by atoms with Gasteiger partial charge in [-0.25, -0.2) is 4.98 Å². The van der Waals surface area contributed by atoms with Crippen LogP contribution in [0.2, 0.25) is 0 Å². The molecule has 2 rings (SSSR count). The molecular weight excluding hydrogens is 268 g/mol. The van der Waals surface area contributed by atoms with E-state index in [9.17, 15) is 10.1 Å². The SMILES string of the molecule is CCCNC(=O)C1COCCN1c1nc(C)ccc1C#N. The van der Waals surface area contributed by atoms with E-state index in [4.69, 9.17) is 4.74 Å². The van der Waals surface area contributed by atoms with Crippen molar-refractivity contribution < 1.29 is 9.53 Å². The number of ether oxygens (including phenoxy) is 1. The van der Waals surface area contributed by atoms with Gasteiger partial charge in [0.15, 0.2) is 0 Å². The highest BCUT2D eigenvalue weighted by Crippen LogP contribution is 2.22. The molecule has 1 fully saturated rings. The first-order chi connectivity index (χ1) is 10.2. The van der Waals surface area contributed by atoms with E-state index in [1.54, 1.807) is 12.1 Å². The lowest BCUT2D eigenvalue weighted by Crippen LogP contribution is -2.54. The number of hydrogen-bond acceptors (Lipinski definition) is 5. The third kappa shape index (κ3) is 3.50. The van der Waals surface area contributed by atoms with Gasteiger partial charge in [-0.3, -0.25) is 4.79 Å². The van der Waals surface area contributed by atoms with Crippen molar-refractivity contribution in [3.05, 3.63) is 23.4 Å². The van der Waals surface area contributed by atoms with Gasteiger partial charge in [0, 0.05) is 18.8 Å². The Balaban J connectivity index is 2.28. The predicted octanol–water partition coefficient (Wildman–Crippen LogP) is 0.993. The number of aryl methyl sites for hydroxylation is 1. The summed E-state index contributed by atoms with van der Waals surface area (Å²) in [7, 11) is 0. The van der Waals surface area contributed by atoms with Crippen molar-refractivity contribution in [2.24, 2.45) is 0 Å². The van der Waals surface area contributed by atoms with E-state index >= 15 is 0 Å². The lowest BCUT2D eigenvalue weighted by molar-refractivity contribution is -0.124. The van der Waals surface area contributed by atoms with Gasteiger partial charge in [0.25, 0.3) is 0 Å². The van der Waals surface area contributed by atoms with Crippen molar-refractivity contribution >= 4 is 11.7 Å². The highest BCUT2D eigenvalue weighted by atomic mass is 16.5. The fraction of sp³-hybridized carbons (Fsp3) is 0.533. The highest BCUT2D eigenvalue weighted by Gasteiger charge is 2.31. The first-order valence-electron chi connectivity index (χ1n) is 7.17. The summed E-state index contributed by atoms with van der Waals surface area (Å²) in [5.41, 5.74) is 1.30. The van der Waals surface area contributed by atoms with Crippen LogP contribution in [-0.4, -0.2) is 43.2 Å². The van der Waals surface area contributed by atoms with Gasteiger partial charge >= 0.3 is 0 Å². The normalized spacial score (nSPS) is 18.1. The Hall–Kier alpha value is -2.13. The molecule has 21 heavy (non-hydrogen) atoms. The van der Waals surface area contributed by atoms with Crippen LogP contribution in [0.4, 0.5) is 5.82 Å². The monoisotopic (exact) mass is 288 g/mol. The third-order valence-electron chi connectivity index (χ3n) is 3.39. The molecule has 0 radical (unpaired) electrons. The number of anilines is 1. The molecule has 1 aliphatic rings. The molecule has 2 heterocycles. The Morgan fingerprint density at radius 1 is 1.62 bits per heavy atom. The predicted molar refractivity (Wildman–Crippen MR) is 78.9 cm³/mol. The quantitative estimate of drug-likeness (QED) is 0.894. The summed E-state index contributed by atoms with van der Waals surface area (Å²) >= 11 is 0. The minimum atomic E-state index is -0.438. The van der Waals surface area contributed by atoms with Crippen LogP contribution < -0.4 is 10.2 Å². The van der Waals surface area contributed by atoms with Crippen LogP contribution in [0.1, 0.15) is 24.6 Å². The molecule has 0 spiro atoms. The maximum absolute atomic E-state index is 12.3. The summed E-state index contributed by atoms with van der Waals surface area (Å²) in [6.07, 6.45) is 0.880. The molecular formula is C15H20N4O2. The second-order valence-corrected chi connectivity index (χ2v) is 5.01. The summed E-state index contributed by atoms with van der Waals surface area (Å²) in [5, 5.41) is 12.1. The zero-order chi connectivity index (χ0) is 15.2. The maximum Gasteiger partial charge on any atom is 0.245 e. The molecule has 6 nitrogen and oxygen atoms in total. The average Bonchev–Trinajstić information content (AvgIpc) is 2.52. The number of carbonyl (C=O) groups excluding carboxylic acids is 1. The van der Waals surface area contributed by atoms with Crippen LogP contribution in [0.3, 0.4) is 0 Å². The Morgan fingerprint density at radius 2 is 2.43 bits per heavy atom. The molecule has 1 saturated heterocycles. The van der Waals surface area contributed by atoms with E-state index in [0.717, 1.165) is 12.1 Å². The number of aromatic nitrogens is 1. The van der Waals surface area contributed by atoms with E-state index in [1.165, 1.54) is 0 Å². The van der Waals surface area contributed by atoms with E-state index in [2.05, 4.69) is 16.4 Å². The minimum Gasteiger partial charge on any atom is -0.377 e. The molecule has 1 N–H and O–H groups in total. The van der Waals surface area contributed by atoms with Crippen molar-refractivity contribution in [1.82, 2.24) is 10.3 Å². The van der Waals surface area contributed by atoms with Gasteiger partial charge in [-0.05, 0) is 25.5 Å². The summed E-state index contributed by atoms with van der Waals surface area (Å²) < 4.78 is 5.43. The smallest absolute Gasteiger partial charge is 0.245 e. The van der Waals surface area contributed by atoms with Crippen molar-refractivity contribution in [3.63, 3.8) is 0 Å². The van der Waals surface area contributed by atoms with E-state index < -0.39 is 6.04 Å². The second kappa shape index (κ2) is 7.04. The zero-order valence-corrected chi connectivity index (χ0v) is 12.4. The van der Waals surface area contributed by atoms with Gasteiger partial charge in [-0.2, -0.15) is 5.26 Å². The average molecular weight is 288 g/mol. The lowest BCUT2D eigenvalue weighted by atomic mass is 10.1. The number of nitrogens with one attached hydrogen (secondary N) is 1. The lowest BCUT2D eigenvalue weighted by Gasteiger charge is -2.35. The Labute approximate surface area is 124 Å². The van der Waals surface area contributed by atoms with Crippen LogP contribution in [0.5, 0.6) is 0 Å². The number of pyridine rings is 1. The number of nitriles is 1. The molecule has 0 aromatic carbocycles. The van der Waals surface area contributed by atoms with Gasteiger partial charge in [-0.1, -0.05) is 6.92 Å². The number of amides is 1. The van der Waals surface area contributed by atoms with E-state index in [0.29, 0.717) is 37.7 Å². The van der Waals surface area contributed by atoms with Crippen LogP contribution in [-0.2, 0) is 9.53 Å². The number of rotatable bonds is 4. The highest BCUT2D eigenvalue weighted by molar-refractivity contribution is 5.85. The first-order valence-corrected chi connectivity index (χ1v) is 7.17. The van der Waals surface area contributed by atoms with Crippen molar-refractivity contribution in [2.45, 2.75) is 26.3 Å². The van der Waals surface area contributed by atoms with Crippen molar-refractivity contribution in [1.29, 1.82) is 5.26 Å². The van der Waals surface area contributed by atoms with Gasteiger partial charge in [0.1, 0.15) is 17.9 Å². The Kier molecular flexibility index (Phi) is 5.12. The first kappa shape index (κ1) is 15.3. The summed E-state index contributed by atoms with van der Waals surface area (Å²) in [4.78, 5) is 18.6. The topological polar surface area (TPSA) is 78.2 Å². The second-order valence-electron chi connectivity index (χ2n) is 5.01. The van der Waals surface area contributed by atoms with Crippen LogP contribution in [0.15, 0.2) is 12.1 Å². The molecule has 1 aromatic heterocycles. The number of carbonyl (C=O) groups is 1. The number of morpholine rings is 1. The summed E-state index contributed by atoms with van der Waals surface area (Å²) in [6, 6.07) is 5.25. The molecule has 1 unspecified atom stereocenters. The van der Waals surface area contributed by atoms with Crippen molar-refractivity contribution in [3.8, 4) is 6.07 Å². The van der Waals surface area contributed by atoms with Gasteiger partial charge in [0.05, 0.1) is 18.8 Å². The van der Waals surface area contributed by atoms with Crippen LogP contribution >= 0.6 is 0 Å². The Bertz CT molecular complexity index is 553. The fourth-order valence-corrected chi connectivity index (χ4v) is 2.29. The van der Waals surface area contributed by atoms with Crippen LogP contribution in [0.25, 0.3) is 0 Å². The summed E-state index contributed by atoms with van der Waals surface area (Å²) in [6.45, 7) is 5.90. The van der Waals surface area contributed by atoms with Gasteiger partial charge < -0.3 is 15.0 Å². The van der Waals surface area contributed by atoms with Gasteiger partial charge in [-0.15, -0.1) is 0 Å². The third-order valence-corrected chi connectivity index (χ3v) is 3.39. The fourth-order valence-electron chi connectivity index (χ4n) is 2.29. The van der Waals surface area contributed by atoms with E-state index in [-0.39, 0.29) is 5.91 Å². The molecule has 112 valence electrons. The van der Waals surface area contributed by atoms with Crippen LogP contribution in [0, 0.1) is 18.3 Å². The number of nitrogens with zero attached hydrogens (tertiary/aromatic N) is 3. The molecule has 1 atom stereocenters. The van der Waals surface area contributed by atoms with Gasteiger partial charge in [0.2, 0.25) is 5.91 Å². The zero-order valence-electron chi connectivity index (χ0n) is 12.4. The minimum absolute atomic E-state index is 0.0799. The largest absolute Gasteiger partial charge is 0.377 e. The molecule has 1 aliphatic heterocycles. The molecule has 0 aliphatic carbocycles. The molecule has 1 aromatic rings. The molecule has 0 saturated carbocycles. The summed E-state index contributed by atoms with van der Waals surface area (Å²) in [5.74, 6) is 0.487. The Morgan fingerprint density at radius 3 is 3.14 bits per heavy atom. The van der Waals surface area contributed by atoms with Crippen molar-refractivity contribution in [2.75, 3.05) is 31.2 Å². The van der Waals surface area contributed by atoms with E-state index in [1.807, 2.05) is 18.7 Å².